The van der Waals surface area contributed by atoms with E-state index in [0.29, 0.717) is 18.4 Å². The van der Waals surface area contributed by atoms with Gasteiger partial charge in [0.05, 0.1) is 12.1 Å². The molecule has 82 heavy (non-hydrogen) atoms. The maximum Gasteiger partial charge on any atom is 0.326 e. The second-order valence-corrected chi connectivity index (χ2v) is 22.6. The Morgan fingerprint density at radius 2 is 0.878 bits per heavy atom. The summed E-state index contributed by atoms with van der Waals surface area (Å²) in [5, 5.41) is 52.2. The largest absolute Gasteiger partial charge is 0.508 e. The highest BCUT2D eigenvalue weighted by molar-refractivity contribution is 5.98. The first kappa shape index (κ1) is 70.8. The summed E-state index contributed by atoms with van der Waals surface area (Å²) in [6.07, 6.45) is -0.348. The number of nitrogens with two attached hydrogens (primary N) is 3. The molecule has 0 heterocycles. The van der Waals surface area contributed by atoms with Gasteiger partial charge in [-0.05, 0) is 98.3 Å². The van der Waals surface area contributed by atoms with Crippen LogP contribution in [0.1, 0.15) is 132 Å². The van der Waals surface area contributed by atoms with Crippen LogP contribution in [0.5, 0.6) is 5.75 Å². The first-order valence-corrected chi connectivity index (χ1v) is 28.4. The van der Waals surface area contributed by atoms with Crippen molar-refractivity contribution in [2.45, 2.75) is 194 Å². The van der Waals surface area contributed by atoms with Gasteiger partial charge in [-0.25, -0.2) is 4.79 Å². The first-order valence-electron chi connectivity index (χ1n) is 28.4. The molecule has 2 aromatic rings. The Balaban J connectivity index is 2.46. The van der Waals surface area contributed by atoms with Crippen molar-refractivity contribution < 1.29 is 58.5 Å². The Morgan fingerprint density at radius 3 is 1.35 bits per heavy atom. The van der Waals surface area contributed by atoms with Crippen LogP contribution in [0.25, 0.3) is 0 Å². The number of aliphatic imine (C=N–C) groups is 1. The van der Waals surface area contributed by atoms with Gasteiger partial charge < -0.3 is 75.1 Å². The number of aromatic hydroxyl groups is 1. The molecule has 0 bridgehead atoms. The number of guanidine groups is 1. The second-order valence-electron chi connectivity index (χ2n) is 22.6. The first-order chi connectivity index (χ1) is 38.5. The van der Waals surface area contributed by atoms with Crippen LogP contribution in [-0.4, -0.2) is 142 Å². The molecule has 0 saturated carbocycles. The number of benzene rings is 2. The monoisotopic (exact) mass is 1150 g/mol. The third kappa shape index (κ3) is 25.2. The molecular weight excluding hydrogens is 1060 g/mol. The molecule has 0 unspecified atom stereocenters. The molecule has 0 aliphatic rings. The predicted molar refractivity (Wildman–Crippen MR) is 312 cm³/mol. The number of nitrogens with zero attached hydrogens (tertiary/aromatic N) is 1. The van der Waals surface area contributed by atoms with Crippen LogP contribution in [0.2, 0.25) is 0 Å². The number of phenolic OH excluding ortho intramolecular Hbond substituents is 1. The number of carbonyl (C=O) groups is 9. The standard InChI is InChI=1S/C58H94N12O12/c1-12-34(9)46(55(79)67-43(27-32(5)6)52(76)66-45(30-38-21-23-39(72)24-22-38)54(78)69-47(57(81)82)35(10)13-2)68-50(74)41(20-17-25-62-58(60)61)63-56(80)48(36(11)71)70-53(77)44(28-33(7)8)65-51(75)42(26-31(3)4)64-49(73)40(59)29-37-18-15-14-16-19-37/h14-16,18-19,21-24,31-36,40-48,71-72H,12-13,17,20,25-30,59H2,1-11H3,(H,63,80)(H,64,73)(H,65,75)(H,66,76)(H,67,79)(H,68,74)(H,69,78)(H,70,77)(H,81,82)(H4,60,61,62)/t34-,35-,36+,40-,41-,42-,43-,44-,45-,46-,47-,48-/m0/s1. The number of carboxylic acids is 1. The Kier molecular flexibility index (Phi) is 30.6. The number of amides is 8. The molecular formula is C58H94N12O12. The molecule has 0 saturated heterocycles. The van der Waals surface area contributed by atoms with Crippen LogP contribution < -0.4 is 59.7 Å². The molecule has 17 N–H and O–H groups in total. The van der Waals surface area contributed by atoms with E-state index in [2.05, 4.69) is 47.5 Å². The molecule has 8 amide bonds. The predicted octanol–water partition coefficient (Wildman–Crippen LogP) is 1.13. The fourth-order valence-electron chi connectivity index (χ4n) is 8.82. The number of aliphatic carboxylic acids is 1. The van der Waals surface area contributed by atoms with Crippen LogP contribution in [0.3, 0.4) is 0 Å². The van der Waals surface area contributed by atoms with E-state index in [1.54, 1.807) is 53.7 Å². The Bertz CT molecular complexity index is 2420. The third-order valence-corrected chi connectivity index (χ3v) is 13.9. The maximum atomic E-state index is 14.5. The average molecular weight is 1150 g/mol. The summed E-state index contributed by atoms with van der Waals surface area (Å²) < 4.78 is 0. The van der Waals surface area contributed by atoms with E-state index in [4.69, 9.17) is 17.2 Å². The molecule has 0 aliphatic carbocycles. The SMILES string of the molecule is CC[C@H](C)[C@H](NC(=O)[C@H](Cc1ccc(O)cc1)NC(=O)[C@H](CC(C)C)NC(=O)[C@@H](NC(=O)[C@H](CCCN=C(N)N)NC(=O)[C@@H](NC(=O)[C@H](CC(C)C)NC(=O)[C@H](CC(C)C)NC(=O)[C@@H](N)Cc1ccccc1)[C@@H](C)O)[C@@H](C)CC)C(=O)O. The number of aliphatic hydroxyl groups excluding tert-OH is 1. The van der Waals surface area contributed by atoms with E-state index in [1.165, 1.54) is 19.1 Å². The highest BCUT2D eigenvalue weighted by atomic mass is 16.4. The maximum absolute atomic E-state index is 14.5. The number of hydrogen-bond donors (Lipinski definition) is 14. The Morgan fingerprint density at radius 1 is 0.488 bits per heavy atom. The van der Waals surface area contributed by atoms with E-state index in [1.807, 2.05) is 58.0 Å². The topological polar surface area (TPSA) is 401 Å². The second kappa shape index (κ2) is 35.5. The lowest BCUT2D eigenvalue weighted by Gasteiger charge is -2.31. The molecule has 0 fully saturated rings. The van der Waals surface area contributed by atoms with Gasteiger partial charge in [0.25, 0.3) is 0 Å². The molecule has 2 aromatic carbocycles. The van der Waals surface area contributed by atoms with Crippen molar-refractivity contribution in [1.29, 1.82) is 0 Å². The highest BCUT2D eigenvalue weighted by Crippen LogP contribution is 2.17. The minimum atomic E-state index is -1.69. The minimum absolute atomic E-state index is 0.0218. The van der Waals surface area contributed by atoms with Crippen molar-refractivity contribution in [3.8, 4) is 5.75 Å². The number of aliphatic hydroxyl groups is 1. The quantitative estimate of drug-likeness (QED) is 0.0258. The average Bonchev–Trinajstić information content (AvgIpc) is 3.49. The van der Waals surface area contributed by atoms with E-state index in [0.717, 1.165) is 5.56 Å². The zero-order chi connectivity index (χ0) is 62.0. The fraction of sp³-hybridized carbons (Fsp3) is 0.621. The third-order valence-electron chi connectivity index (χ3n) is 13.9. The van der Waals surface area contributed by atoms with Gasteiger partial charge in [-0.15, -0.1) is 0 Å². The van der Waals surface area contributed by atoms with E-state index < -0.39 is 126 Å². The van der Waals surface area contributed by atoms with E-state index in [-0.39, 0.29) is 81.0 Å². The van der Waals surface area contributed by atoms with Crippen molar-refractivity contribution in [2.75, 3.05) is 6.54 Å². The molecule has 12 atom stereocenters. The number of nitrogens with one attached hydrogen (secondary N) is 8. The van der Waals surface area contributed by atoms with Gasteiger partial charge in [0, 0.05) is 13.0 Å². The van der Waals surface area contributed by atoms with E-state index >= 15 is 0 Å². The summed E-state index contributed by atoms with van der Waals surface area (Å²) in [6, 6.07) is 3.32. The van der Waals surface area contributed by atoms with Crippen molar-refractivity contribution in [1.82, 2.24) is 42.5 Å². The van der Waals surface area contributed by atoms with Gasteiger partial charge in [0.1, 0.15) is 54.1 Å². The molecule has 24 nitrogen and oxygen atoms in total. The molecule has 2 rings (SSSR count). The smallest absolute Gasteiger partial charge is 0.326 e. The number of carboxylic acid groups (broad SMARTS) is 1. The van der Waals surface area contributed by atoms with Crippen molar-refractivity contribution in [3.63, 3.8) is 0 Å². The molecule has 0 radical (unpaired) electrons. The highest BCUT2D eigenvalue weighted by Gasteiger charge is 2.38. The zero-order valence-electron chi connectivity index (χ0n) is 49.6. The van der Waals surface area contributed by atoms with Gasteiger partial charge in [-0.3, -0.25) is 43.3 Å². The minimum Gasteiger partial charge on any atom is -0.508 e. The molecule has 24 heteroatoms. The fourth-order valence-corrected chi connectivity index (χ4v) is 8.82. The summed E-state index contributed by atoms with van der Waals surface area (Å²) >= 11 is 0. The van der Waals surface area contributed by atoms with Crippen LogP contribution in [0.15, 0.2) is 59.6 Å². The summed E-state index contributed by atoms with van der Waals surface area (Å²) in [5.74, 6) is -9.35. The zero-order valence-corrected chi connectivity index (χ0v) is 49.6. The number of phenols is 1. The lowest BCUT2D eigenvalue weighted by atomic mass is 9.95. The number of hydrogen-bond acceptors (Lipinski definition) is 13. The summed E-state index contributed by atoms with van der Waals surface area (Å²) in [5.41, 5.74) is 18.7. The van der Waals surface area contributed by atoms with E-state index in [9.17, 15) is 58.5 Å². The molecule has 0 spiro atoms. The number of carbonyl (C=O) groups excluding carboxylic acids is 8. The normalized spacial score (nSPS) is 15.8. The van der Waals surface area contributed by atoms with Gasteiger partial charge in [-0.2, -0.15) is 0 Å². The van der Waals surface area contributed by atoms with Crippen LogP contribution in [0, 0.1) is 29.6 Å². The van der Waals surface area contributed by atoms with Gasteiger partial charge in [0.2, 0.25) is 47.3 Å². The summed E-state index contributed by atoms with van der Waals surface area (Å²) in [4.78, 5) is 129. The van der Waals surface area contributed by atoms with Gasteiger partial charge in [-0.1, -0.05) is 125 Å². The number of rotatable bonds is 36. The molecule has 458 valence electrons. The Labute approximate surface area is 482 Å². The van der Waals surface area contributed by atoms with Crippen molar-refractivity contribution in [2.24, 2.45) is 51.8 Å². The molecule has 0 aromatic heterocycles. The lowest BCUT2D eigenvalue weighted by Crippen LogP contribution is -2.62. The Hall–Kier alpha value is -7.34. The summed E-state index contributed by atoms with van der Waals surface area (Å²) in [7, 11) is 0. The van der Waals surface area contributed by atoms with Crippen LogP contribution >= 0.6 is 0 Å². The van der Waals surface area contributed by atoms with Crippen molar-refractivity contribution >= 4 is 59.2 Å². The molecule has 0 aliphatic heterocycles. The van der Waals surface area contributed by atoms with Gasteiger partial charge >= 0.3 is 5.97 Å². The van der Waals surface area contributed by atoms with Crippen LogP contribution in [-0.2, 0) is 56.0 Å². The van der Waals surface area contributed by atoms with Gasteiger partial charge in [0.15, 0.2) is 5.96 Å². The summed E-state index contributed by atoms with van der Waals surface area (Å²) in [6.45, 7) is 19.1. The van der Waals surface area contributed by atoms with Crippen LogP contribution in [0.4, 0.5) is 0 Å². The van der Waals surface area contributed by atoms with Crippen molar-refractivity contribution in [3.05, 3.63) is 65.7 Å². The lowest BCUT2D eigenvalue weighted by molar-refractivity contribution is -0.144.